The highest BCUT2D eigenvalue weighted by Crippen LogP contribution is 2.27. The van der Waals surface area contributed by atoms with E-state index in [1.165, 1.54) is 24.1 Å². The quantitative estimate of drug-likeness (QED) is 0.582. The van der Waals surface area contributed by atoms with Gasteiger partial charge in [-0.1, -0.05) is 6.07 Å². The first kappa shape index (κ1) is 22.2. The van der Waals surface area contributed by atoms with Gasteiger partial charge in [0.05, 0.1) is 30.5 Å². The summed E-state index contributed by atoms with van der Waals surface area (Å²) < 4.78 is 11.0. The molecule has 10 heteroatoms. The van der Waals surface area contributed by atoms with Crippen molar-refractivity contribution < 1.29 is 23.9 Å². The Hall–Kier alpha value is -3.53. The van der Waals surface area contributed by atoms with Crippen LogP contribution in [0.1, 0.15) is 39.4 Å². The van der Waals surface area contributed by atoms with Gasteiger partial charge in [-0.15, -0.1) is 11.3 Å². The summed E-state index contributed by atoms with van der Waals surface area (Å²) in [5, 5.41) is 2.92. The van der Waals surface area contributed by atoms with E-state index in [9.17, 15) is 19.2 Å². The average molecular weight is 443 g/mol. The first-order valence-electron chi connectivity index (χ1n) is 9.39. The van der Waals surface area contributed by atoms with Crippen molar-refractivity contribution in [3.05, 3.63) is 57.0 Å². The fourth-order valence-electron chi connectivity index (χ4n) is 2.93. The highest BCUT2D eigenvalue weighted by atomic mass is 32.1. The molecular formula is C21H21N3O6S. The first-order valence-corrected chi connectivity index (χ1v) is 10.2. The molecule has 0 saturated heterocycles. The zero-order valence-electron chi connectivity index (χ0n) is 17.4. The van der Waals surface area contributed by atoms with Gasteiger partial charge < -0.3 is 14.8 Å². The Morgan fingerprint density at radius 1 is 1.23 bits per heavy atom. The summed E-state index contributed by atoms with van der Waals surface area (Å²) in [6.45, 7) is 4.85. The number of amides is 1. The number of carbonyl (C=O) groups is 3. The Bertz CT molecular complexity index is 1230. The van der Waals surface area contributed by atoms with Crippen LogP contribution in [0.25, 0.3) is 10.2 Å². The number of nitrogens with zero attached hydrogens (tertiary/aromatic N) is 2. The van der Waals surface area contributed by atoms with Crippen LogP contribution < -0.4 is 10.9 Å². The predicted molar refractivity (Wildman–Crippen MR) is 116 cm³/mol. The number of thiophene rings is 1. The van der Waals surface area contributed by atoms with Crippen molar-refractivity contribution in [3.63, 3.8) is 0 Å². The molecule has 0 saturated carbocycles. The summed E-state index contributed by atoms with van der Waals surface area (Å²) in [6, 6.07) is 6.26. The number of carbonyl (C=O) groups excluding carboxylic acids is 3. The zero-order valence-corrected chi connectivity index (χ0v) is 18.2. The Labute approximate surface area is 181 Å². The number of benzene rings is 1. The summed E-state index contributed by atoms with van der Waals surface area (Å²) >= 11 is 1.08. The fourth-order valence-corrected chi connectivity index (χ4v) is 3.95. The molecule has 0 aliphatic carbocycles. The number of hydrogen-bond acceptors (Lipinski definition) is 8. The van der Waals surface area contributed by atoms with Gasteiger partial charge in [-0.2, -0.15) is 0 Å². The minimum atomic E-state index is -0.526. The van der Waals surface area contributed by atoms with Crippen molar-refractivity contribution in [3.8, 4) is 0 Å². The second-order valence-electron chi connectivity index (χ2n) is 6.99. The van der Waals surface area contributed by atoms with Crippen molar-refractivity contribution in [2.45, 2.75) is 33.4 Å². The number of rotatable bonds is 6. The molecule has 0 spiro atoms. The molecule has 0 aliphatic heterocycles. The van der Waals surface area contributed by atoms with Crippen LogP contribution in [-0.2, 0) is 20.8 Å². The molecule has 1 aromatic carbocycles. The van der Waals surface area contributed by atoms with Gasteiger partial charge in [0.2, 0.25) is 5.91 Å². The van der Waals surface area contributed by atoms with Gasteiger partial charge in [-0.05, 0) is 44.5 Å². The molecule has 0 radical (unpaired) electrons. The van der Waals surface area contributed by atoms with Crippen LogP contribution >= 0.6 is 11.3 Å². The number of nitrogens with one attached hydrogen (secondary N) is 1. The van der Waals surface area contributed by atoms with Crippen LogP contribution in [-0.4, -0.2) is 40.6 Å². The molecule has 3 aromatic rings. The Kier molecular flexibility index (Phi) is 6.50. The molecule has 9 nitrogen and oxygen atoms in total. The number of esters is 2. The standard InChI is InChI=1S/C21H21N3O6S/c1-11(2)30-21(28)17-12(3)16-18(31-17)22-10-24(19(16)26)9-15(25)23-14-7-5-6-13(8-14)20(27)29-4/h5-8,10-11H,9H2,1-4H3,(H,23,25). The SMILES string of the molecule is COC(=O)c1cccc(NC(=O)Cn2cnc3sc(C(=O)OC(C)C)c(C)c3c2=O)c1. The van der Waals surface area contributed by atoms with E-state index in [0.717, 1.165) is 11.3 Å². The Morgan fingerprint density at radius 2 is 1.97 bits per heavy atom. The van der Waals surface area contributed by atoms with Gasteiger partial charge in [0.1, 0.15) is 16.3 Å². The summed E-state index contributed by atoms with van der Waals surface area (Å²) in [5.41, 5.74) is 0.722. The van der Waals surface area contributed by atoms with E-state index in [4.69, 9.17) is 4.74 Å². The highest BCUT2D eigenvalue weighted by molar-refractivity contribution is 7.20. The molecule has 1 amide bonds. The van der Waals surface area contributed by atoms with Crippen LogP contribution in [0.3, 0.4) is 0 Å². The number of hydrogen-bond donors (Lipinski definition) is 1. The molecule has 162 valence electrons. The van der Waals surface area contributed by atoms with Gasteiger partial charge in [0, 0.05) is 5.69 Å². The minimum Gasteiger partial charge on any atom is -0.465 e. The number of aromatic nitrogens is 2. The maximum absolute atomic E-state index is 12.9. The molecule has 0 fully saturated rings. The average Bonchev–Trinajstić information content (AvgIpc) is 3.06. The third-order valence-corrected chi connectivity index (χ3v) is 5.51. The molecule has 0 bridgehead atoms. The highest BCUT2D eigenvalue weighted by Gasteiger charge is 2.21. The van der Waals surface area contributed by atoms with Crippen molar-refractivity contribution in [1.29, 1.82) is 0 Å². The predicted octanol–water partition coefficient (Wildman–Crippen LogP) is 2.76. The lowest BCUT2D eigenvalue weighted by molar-refractivity contribution is -0.116. The van der Waals surface area contributed by atoms with E-state index in [-0.39, 0.29) is 23.6 Å². The molecule has 0 aliphatic rings. The van der Waals surface area contributed by atoms with E-state index in [1.54, 1.807) is 39.0 Å². The largest absolute Gasteiger partial charge is 0.465 e. The van der Waals surface area contributed by atoms with Gasteiger partial charge in [0.25, 0.3) is 5.56 Å². The minimum absolute atomic E-state index is 0.281. The van der Waals surface area contributed by atoms with Gasteiger partial charge in [-0.3, -0.25) is 14.2 Å². The lowest BCUT2D eigenvalue weighted by Gasteiger charge is -2.08. The lowest BCUT2D eigenvalue weighted by atomic mass is 10.2. The lowest BCUT2D eigenvalue weighted by Crippen LogP contribution is -2.28. The normalized spacial score (nSPS) is 10.9. The summed E-state index contributed by atoms with van der Waals surface area (Å²) in [5.74, 6) is -1.51. The third kappa shape index (κ3) is 4.80. The second kappa shape index (κ2) is 9.09. The molecular weight excluding hydrogens is 422 g/mol. The van der Waals surface area contributed by atoms with Crippen molar-refractivity contribution in [1.82, 2.24) is 9.55 Å². The number of anilines is 1. The van der Waals surface area contributed by atoms with Crippen LogP contribution in [0.2, 0.25) is 0 Å². The monoisotopic (exact) mass is 443 g/mol. The fraction of sp³-hybridized carbons (Fsp3) is 0.286. The van der Waals surface area contributed by atoms with Crippen LogP contribution in [0, 0.1) is 6.92 Å². The summed E-state index contributed by atoms with van der Waals surface area (Å²) in [4.78, 5) is 54.2. The first-order chi connectivity index (χ1) is 14.7. The zero-order chi connectivity index (χ0) is 22.7. The molecule has 1 N–H and O–H groups in total. The molecule has 2 heterocycles. The van der Waals surface area contributed by atoms with Crippen molar-refractivity contribution in [2.75, 3.05) is 12.4 Å². The topological polar surface area (TPSA) is 117 Å². The Morgan fingerprint density at radius 3 is 2.65 bits per heavy atom. The maximum atomic E-state index is 12.9. The molecule has 3 rings (SSSR count). The summed E-state index contributed by atoms with van der Waals surface area (Å²) in [6.07, 6.45) is 0.978. The smallest absolute Gasteiger partial charge is 0.348 e. The van der Waals surface area contributed by atoms with Crippen LogP contribution in [0.15, 0.2) is 35.4 Å². The number of fused-ring (bicyclic) bond motifs is 1. The molecule has 31 heavy (non-hydrogen) atoms. The van der Waals surface area contributed by atoms with E-state index in [0.29, 0.717) is 21.0 Å². The van der Waals surface area contributed by atoms with Crippen molar-refractivity contribution in [2.24, 2.45) is 0 Å². The number of aryl methyl sites for hydroxylation is 1. The number of methoxy groups -OCH3 is 1. The van der Waals surface area contributed by atoms with Crippen LogP contribution in [0.4, 0.5) is 5.69 Å². The van der Waals surface area contributed by atoms with E-state index >= 15 is 0 Å². The molecule has 0 unspecified atom stereocenters. The van der Waals surface area contributed by atoms with Gasteiger partial charge in [-0.25, -0.2) is 14.6 Å². The third-order valence-electron chi connectivity index (χ3n) is 4.33. The number of ether oxygens (including phenoxy) is 2. The van der Waals surface area contributed by atoms with Gasteiger partial charge in [0.15, 0.2) is 0 Å². The molecule has 0 atom stereocenters. The molecule has 2 aromatic heterocycles. The Balaban J connectivity index is 1.84. The van der Waals surface area contributed by atoms with E-state index in [1.807, 2.05) is 0 Å². The van der Waals surface area contributed by atoms with Gasteiger partial charge >= 0.3 is 11.9 Å². The van der Waals surface area contributed by atoms with E-state index in [2.05, 4.69) is 15.0 Å². The van der Waals surface area contributed by atoms with E-state index < -0.39 is 23.4 Å². The summed E-state index contributed by atoms with van der Waals surface area (Å²) in [7, 11) is 1.27. The van der Waals surface area contributed by atoms with Crippen LogP contribution in [0.5, 0.6) is 0 Å². The van der Waals surface area contributed by atoms with Crippen molar-refractivity contribution >= 4 is 45.1 Å². The maximum Gasteiger partial charge on any atom is 0.348 e. The second-order valence-corrected chi connectivity index (χ2v) is 7.99.